The highest BCUT2D eigenvalue weighted by atomic mass is 16.5. The molecule has 1 saturated heterocycles. The minimum Gasteiger partial charge on any atom is -0.466 e. The van der Waals surface area contributed by atoms with Crippen LogP contribution in [0.3, 0.4) is 0 Å². The molecule has 0 saturated carbocycles. The van der Waals surface area contributed by atoms with Crippen molar-refractivity contribution in [3.8, 4) is 0 Å². The molecule has 1 aromatic heterocycles. The lowest BCUT2D eigenvalue weighted by molar-refractivity contribution is -0.135. The van der Waals surface area contributed by atoms with Crippen LogP contribution in [-0.2, 0) is 27.3 Å². The third-order valence-electron chi connectivity index (χ3n) is 7.14. The van der Waals surface area contributed by atoms with E-state index in [1.165, 1.54) is 40.4 Å². The van der Waals surface area contributed by atoms with E-state index in [0.29, 0.717) is 18.6 Å². The summed E-state index contributed by atoms with van der Waals surface area (Å²) in [5.41, 5.74) is 6.38. The van der Waals surface area contributed by atoms with Gasteiger partial charge in [0.1, 0.15) is 0 Å². The maximum absolute atomic E-state index is 12.2. The number of aromatic nitrogens is 1. The number of benzene rings is 2. The van der Waals surface area contributed by atoms with Crippen molar-refractivity contribution in [1.82, 2.24) is 9.88 Å². The zero-order valence-corrected chi connectivity index (χ0v) is 19.3. The van der Waals surface area contributed by atoms with Crippen molar-refractivity contribution in [3.63, 3.8) is 0 Å². The van der Waals surface area contributed by atoms with E-state index in [4.69, 9.17) is 9.47 Å². The lowest BCUT2D eigenvalue weighted by atomic mass is 9.80. The monoisotopic (exact) mass is 444 g/mol. The summed E-state index contributed by atoms with van der Waals surface area (Å²) in [6.45, 7) is 3.41. The van der Waals surface area contributed by atoms with E-state index < -0.39 is 0 Å². The van der Waals surface area contributed by atoms with Crippen LogP contribution in [0, 0.1) is 5.92 Å². The van der Waals surface area contributed by atoms with E-state index in [-0.39, 0.29) is 5.97 Å². The lowest BCUT2D eigenvalue weighted by Gasteiger charge is -2.44. The summed E-state index contributed by atoms with van der Waals surface area (Å²) in [6.07, 6.45) is 5.67. The minimum atomic E-state index is -0.253. The maximum Gasteiger partial charge on any atom is 0.330 e. The number of esters is 1. The molecule has 5 heteroatoms. The molecule has 5 rings (SSSR count). The van der Waals surface area contributed by atoms with Crippen LogP contribution >= 0.6 is 0 Å². The average molecular weight is 445 g/mol. The Kier molecular flexibility index (Phi) is 6.60. The van der Waals surface area contributed by atoms with Gasteiger partial charge in [-0.25, -0.2) is 4.79 Å². The Labute approximate surface area is 195 Å². The van der Waals surface area contributed by atoms with Gasteiger partial charge in [-0.2, -0.15) is 0 Å². The van der Waals surface area contributed by atoms with Gasteiger partial charge in [0.25, 0.3) is 0 Å². The average Bonchev–Trinajstić information content (AvgIpc) is 3.24. The van der Waals surface area contributed by atoms with Crippen LogP contribution in [0.15, 0.2) is 66.2 Å². The molecule has 2 aliphatic heterocycles. The first-order chi connectivity index (χ1) is 16.2. The summed E-state index contributed by atoms with van der Waals surface area (Å²) in [4.78, 5) is 18.4. The molecule has 33 heavy (non-hydrogen) atoms. The number of hydrogen-bond acceptors (Lipinski definition) is 4. The second-order valence-electron chi connectivity index (χ2n) is 9.15. The van der Waals surface area contributed by atoms with Gasteiger partial charge in [-0.05, 0) is 48.8 Å². The van der Waals surface area contributed by atoms with Crippen LogP contribution in [0.4, 0.5) is 0 Å². The third-order valence-corrected chi connectivity index (χ3v) is 7.14. The van der Waals surface area contributed by atoms with E-state index >= 15 is 0 Å². The standard InChI is InChI=1S/C28H32N2O3/c1-32-27(31)17-22-16-26-28-24(23-11-5-6-12-25(23)29-28)13-14-30(26)18-21(22)10-7-15-33-19-20-8-3-2-4-9-20/h2-6,8-9,11-12,17,21,26,29H,7,10,13-16,18-19H2,1H3/b22-17+/t21-,26+/m1/s1. The van der Waals surface area contributed by atoms with Crippen LogP contribution < -0.4 is 0 Å². The number of fused-ring (bicyclic) bond motifs is 5. The van der Waals surface area contributed by atoms with Crippen molar-refractivity contribution in [2.24, 2.45) is 5.92 Å². The number of carbonyl (C=O) groups is 1. The van der Waals surface area contributed by atoms with E-state index in [9.17, 15) is 4.79 Å². The normalized spacial score (nSPS) is 21.7. The maximum atomic E-state index is 12.2. The molecule has 0 spiro atoms. The number of nitrogens with one attached hydrogen (secondary N) is 1. The smallest absolute Gasteiger partial charge is 0.330 e. The molecule has 3 aromatic rings. The summed E-state index contributed by atoms with van der Waals surface area (Å²) in [5, 5.41) is 1.34. The molecule has 3 heterocycles. The van der Waals surface area contributed by atoms with Gasteiger partial charge in [0, 0.05) is 42.4 Å². The van der Waals surface area contributed by atoms with Gasteiger partial charge in [0.05, 0.1) is 19.8 Å². The molecule has 5 nitrogen and oxygen atoms in total. The second-order valence-corrected chi connectivity index (χ2v) is 9.15. The Morgan fingerprint density at radius 3 is 2.82 bits per heavy atom. The number of carbonyl (C=O) groups excluding carboxylic acids is 1. The highest BCUT2D eigenvalue weighted by Crippen LogP contribution is 2.43. The first kappa shape index (κ1) is 21.9. The fourth-order valence-electron chi connectivity index (χ4n) is 5.47. The number of methoxy groups -OCH3 is 1. The first-order valence-corrected chi connectivity index (χ1v) is 12.0. The van der Waals surface area contributed by atoms with Crippen LogP contribution in [0.25, 0.3) is 10.9 Å². The number of H-pyrrole nitrogens is 1. The zero-order chi connectivity index (χ0) is 22.6. The minimum absolute atomic E-state index is 0.253. The topological polar surface area (TPSA) is 54.6 Å². The van der Waals surface area contributed by atoms with Crippen molar-refractivity contribution >= 4 is 16.9 Å². The first-order valence-electron chi connectivity index (χ1n) is 12.0. The van der Waals surface area contributed by atoms with E-state index in [1.807, 2.05) is 18.2 Å². The van der Waals surface area contributed by atoms with Gasteiger partial charge < -0.3 is 14.5 Å². The molecule has 1 N–H and O–H groups in total. The predicted molar refractivity (Wildman–Crippen MR) is 130 cm³/mol. The number of hydrogen-bond donors (Lipinski definition) is 1. The van der Waals surface area contributed by atoms with Crippen LogP contribution in [-0.4, -0.2) is 42.7 Å². The lowest BCUT2D eigenvalue weighted by Crippen LogP contribution is -2.43. The van der Waals surface area contributed by atoms with Gasteiger partial charge in [0.2, 0.25) is 0 Å². The second kappa shape index (κ2) is 9.94. The number of rotatable bonds is 7. The Morgan fingerprint density at radius 1 is 1.15 bits per heavy atom. The molecule has 0 radical (unpaired) electrons. The molecule has 1 fully saturated rings. The molecule has 2 aromatic carbocycles. The number of ether oxygens (including phenoxy) is 2. The SMILES string of the molecule is COC(=O)/C=C1\C[C@H]2c3[nH]c4ccccc4c3CCN2C[C@H]1CCCOCc1ccccc1. The summed E-state index contributed by atoms with van der Waals surface area (Å²) in [7, 11) is 1.46. The van der Waals surface area contributed by atoms with Crippen molar-refractivity contribution in [2.75, 3.05) is 26.8 Å². The number of aromatic amines is 1. The molecular weight excluding hydrogens is 412 g/mol. The van der Waals surface area contributed by atoms with Gasteiger partial charge in [0.15, 0.2) is 0 Å². The quantitative estimate of drug-likeness (QED) is 0.310. The van der Waals surface area contributed by atoms with Crippen LogP contribution in [0.5, 0.6) is 0 Å². The van der Waals surface area contributed by atoms with E-state index in [1.54, 1.807) is 6.08 Å². The molecule has 0 amide bonds. The highest BCUT2D eigenvalue weighted by Gasteiger charge is 2.37. The van der Waals surface area contributed by atoms with Gasteiger partial charge in [-0.1, -0.05) is 54.1 Å². The number of nitrogens with zero attached hydrogens (tertiary/aromatic N) is 1. The molecule has 0 bridgehead atoms. The fraction of sp³-hybridized carbons (Fsp3) is 0.393. The zero-order valence-electron chi connectivity index (χ0n) is 19.3. The molecule has 2 aliphatic rings. The van der Waals surface area contributed by atoms with Gasteiger partial charge >= 0.3 is 5.97 Å². The van der Waals surface area contributed by atoms with Crippen LogP contribution in [0.1, 0.15) is 42.1 Å². The van der Waals surface area contributed by atoms with Gasteiger partial charge in [-0.15, -0.1) is 0 Å². The van der Waals surface area contributed by atoms with Crippen molar-refractivity contribution in [2.45, 2.75) is 38.3 Å². The Bertz CT molecular complexity index is 1130. The molecule has 172 valence electrons. The van der Waals surface area contributed by atoms with Crippen molar-refractivity contribution in [3.05, 3.63) is 83.1 Å². The fourth-order valence-corrected chi connectivity index (χ4v) is 5.47. The van der Waals surface area contributed by atoms with Crippen LogP contribution in [0.2, 0.25) is 0 Å². The predicted octanol–water partition coefficient (Wildman–Crippen LogP) is 5.18. The number of para-hydroxylation sites is 1. The molecular formula is C28H32N2O3. The molecule has 0 aliphatic carbocycles. The molecule has 0 unspecified atom stereocenters. The van der Waals surface area contributed by atoms with Crippen molar-refractivity contribution in [1.29, 1.82) is 0 Å². The summed E-state index contributed by atoms with van der Waals surface area (Å²) in [5.74, 6) is 0.100. The Balaban J connectivity index is 1.27. The highest BCUT2D eigenvalue weighted by molar-refractivity contribution is 5.85. The Morgan fingerprint density at radius 2 is 1.97 bits per heavy atom. The van der Waals surface area contributed by atoms with Crippen molar-refractivity contribution < 1.29 is 14.3 Å². The largest absolute Gasteiger partial charge is 0.466 e. The van der Waals surface area contributed by atoms with E-state index in [2.05, 4.69) is 46.3 Å². The Hall–Kier alpha value is -2.89. The summed E-state index contributed by atoms with van der Waals surface area (Å²) < 4.78 is 10.9. The number of piperidine rings is 1. The summed E-state index contributed by atoms with van der Waals surface area (Å²) in [6, 6.07) is 19.1. The van der Waals surface area contributed by atoms with Gasteiger partial charge in [-0.3, -0.25) is 4.90 Å². The van der Waals surface area contributed by atoms with E-state index in [0.717, 1.165) is 45.4 Å². The summed E-state index contributed by atoms with van der Waals surface area (Å²) >= 11 is 0. The molecule has 2 atom stereocenters. The third kappa shape index (κ3) is 4.75.